The summed E-state index contributed by atoms with van der Waals surface area (Å²) in [4.78, 5) is 4.79. The molecule has 9 aromatic carbocycles. The Labute approximate surface area is 351 Å². The topological polar surface area (TPSA) is 11.4 Å². The van der Waals surface area contributed by atoms with Crippen molar-refractivity contribution in [3.63, 3.8) is 0 Å². The van der Waals surface area contributed by atoms with E-state index < -0.39 is 0 Å². The molecule has 0 amide bonds. The Morgan fingerprint density at radius 1 is 0.350 bits per heavy atom. The van der Waals surface area contributed by atoms with Gasteiger partial charge in [-0.25, -0.2) is 0 Å². The Morgan fingerprint density at radius 2 is 0.900 bits per heavy atom. The maximum absolute atomic E-state index is 2.43. The van der Waals surface area contributed by atoms with Gasteiger partial charge in [0.05, 0.1) is 22.4 Å². The summed E-state index contributed by atoms with van der Waals surface area (Å²) in [6.07, 6.45) is 0. The van der Waals surface area contributed by atoms with Gasteiger partial charge in [0.2, 0.25) is 0 Å². The SMILES string of the molecule is CC1(C)c2ccccc2N(c2ccccc2)c2cc(-c3cccc(N(c4ccccc4)c4ccc(-c5ccc6c(c5)c5ccccc5n6-c5ccccc5)cc4)c3)ccc21. The fraction of sp³-hybridized carbons (Fsp3) is 0.0526. The molecule has 11 rings (SSSR count). The second-order valence-corrected chi connectivity index (χ2v) is 16.2. The number of nitrogens with zero attached hydrogens (tertiary/aromatic N) is 3. The van der Waals surface area contributed by atoms with E-state index in [0.29, 0.717) is 0 Å². The molecule has 60 heavy (non-hydrogen) atoms. The Kier molecular flexibility index (Phi) is 8.49. The molecule has 0 atom stereocenters. The summed E-state index contributed by atoms with van der Waals surface area (Å²) < 4.78 is 2.37. The van der Waals surface area contributed by atoms with Crippen molar-refractivity contribution < 1.29 is 0 Å². The molecule has 3 heteroatoms. The van der Waals surface area contributed by atoms with E-state index in [0.717, 1.165) is 22.7 Å². The first kappa shape index (κ1) is 35.5. The lowest BCUT2D eigenvalue weighted by Crippen LogP contribution is -2.30. The molecular formula is C57H43N3. The Bertz CT molecular complexity index is 3160. The van der Waals surface area contributed by atoms with Crippen LogP contribution < -0.4 is 9.80 Å². The second-order valence-electron chi connectivity index (χ2n) is 16.2. The first-order chi connectivity index (χ1) is 29.5. The molecule has 0 unspecified atom stereocenters. The molecule has 3 nitrogen and oxygen atoms in total. The van der Waals surface area contributed by atoms with Crippen molar-refractivity contribution in [2.24, 2.45) is 0 Å². The van der Waals surface area contributed by atoms with Crippen molar-refractivity contribution in [3.05, 3.63) is 236 Å². The van der Waals surface area contributed by atoms with Gasteiger partial charge >= 0.3 is 0 Å². The van der Waals surface area contributed by atoms with Crippen LogP contribution in [0.25, 0.3) is 49.7 Å². The van der Waals surface area contributed by atoms with Crippen LogP contribution in [0.1, 0.15) is 25.0 Å². The molecule has 0 spiro atoms. The minimum atomic E-state index is -0.152. The first-order valence-corrected chi connectivity index (χ1v) is 20.8. The van der Waals surface area contributed by atoms with Crippen LogP contribution >= 0.6 is 0 Å². The fourth-order valence-electron chi connectivity index (χ4n) is 9.41. The van der Waals surface area contributed by atoms with Crippen molar-refractivity contribution in [1.29, 1.82) is 0 Å². The van der Waals surface area contributed by atoms with Crippen molar-refractivity contribution >= 4 is 55.9 Å². The first-order valence-electron chi connectivity index (χ1n) is 20.8. The minimum Gasteiger partial charge on any atom is -0.310 e. The van der Waals surface area contributed by atoms with E-state index in [-0.39, 0.29) is 5.41 Å². The lowest BCUT2D eigenvalue weighted by Gasteiger charge is -2.42. The summed E-state index contributed by atoms with van der Waals surface area (Å²) in [6, 6.07) is 81.5. The van der Waals surface area contributed by atoms with Crippen LogP contribution in [0.2, 0.25) is 0 Å². The third-order valence-corrected chi connectivity index (χ3v) is 12.3. The van der Waals surface area contributed by atoms with Gasteiger partial charge in [-0.2, -0.15) is 0 Å². The van der Waals surface area contributed by atoms with Crippen molar-refractivity contribution in [2.75, 3.05) is 9.80 Å². The van der Waals surface area contributed by atoms with Gasteiger partial charge in [-0.05, 0) is 124 Å². The van der Waals surface area contributed by atoms with Crippen LogP contribution in [0.3, 0.4) is 0 Å². The predicted octanol–water partition coefficient (Wildman–Crippen LogP) is 15.7. The molecule has 0 radical (unpaired) electrons. The van der Waals surface area contributed by atoms with Crippen LogP contribution in [0.5, 0.6) is 0 Å². The summed E-state index contributed by atoms with van der Waals surface area (Å²) in [7, 11) is 0. The lowest BCUT2D eigenvalue weighted by atomic mass is 9.73. The van der Waals surface area contributed by atoms with E-state index in [4.69, 9.17) is 0 Å². The summed E-state index contributed by atoms with van der Waals surface area (Å²) in [5, 5.41) is 2.51. The molecule has 2 heterocycles. The smallest absolute Gasteiger partial charge is 0.0541 e. The predicted molar refractivity (Wildman–Crippen MR) is 253 cm³/mol. The number of fused-ring (bicyclic) bond motifs is 5. The Balaban J connectivity index is 0.978. The number of aromatic nitrogens is 1. The average Bonchev–Trinajstić information content (AvgIpc) is 3.64. The summed E-state index contributed by atoms with van der Waals surface area (Å²) in [6.45, 7) is 4.69. The zero-order valence-corrected chi connectivity index (χ0v) is 33.7. The molecule has 10 aromatic rings. The maximum Gasteiger partial charge on any atom is 0.0541 e. The molecule has 0 aliphatic carbocycles. The largest absolute Gasteiger partial charge is 0.310 e. The number of hydrogen-bond donors (Lipinski definition) is 0. The van der Waals surface area contributed by atoms with Crippen LogP contribution in [-0.2, 0) is 5.41 Å². The highest BCUT2D eigenvalue weighted by Gasteiger charge is 2.37. The molecule has 1 aliphatic heterocycles. The molecule has 0 bridgehead atoms. The van der Waals surface area contributed by atoms with Crippen LogP contribution in [0, 0.1) is 0 Å². The Hall–Kier alpha value is -7.62. The standard InChI is InChI=1S/C57H43N3/c1-57(2)51-26-13-15-28-55(51)60(46-22-10-5-11-23-46)56-39-43(31-35-52(56)57)41-17-16-24-48(37-41)58(44-18-6-3-7-19-44)47-33-29-40(30-34-47)42-32-36-54-50(38-42)49-25-12-14-27-53(49)59(54)45-20-8-4-9-21-45/h3-39H,1-2H3. The molecule has 1 aromatic heterocycles. The van der Waals surface area contributed by atoms with Crippen molar-refractivity contribution in [3.8, 4) is 27.9 Å². The Morgan fingerprint density at radius 3 is 1.68 bits per heavy atom. The summed E-state index contributed by atoms with van der Waals surface area (Å²) in [5.74, 6) is 0. The lowest BCUT2D eigenvalue weighted by molar-refractivity contribution is 0.632. The number of anilines is 6. The number of hydrogen-bond acceptors (Lipinski definition) is 2. The van der Waals surface area contributed by atoms with E-state index in [1.807, 2.05) is 0 Å². The highest BCUT2D eigenvalue weighted by atomic mass is 15.2. The molecule has 0 saturated heterocycles. The third-order valence-electron chi connectivity index (χ3n) is 12.3. The molecular weight excluding hydrogens is 727 g/mol. The summed E-state index contributed by atoms with van der Waals surface area (Å²) >= 11 is 0. The molecule has 0 N–H and O–H groups in total. The third kappa shape index (κ3) is 5.89. The van der Waals surface area contributed by atoms with Crippen LogP contribution in [0.15, 0.2) is 224 Å². The van der Waals surface area contributed by atoms with E-state index in [2.05, 4.69) is 253 Å². The molecule has 286 valence electrons. The van der Waals surface area contributed by atoms with E-state index in [1.165, 1.54) is 72.2 Å². The van der Waals surface area contributed by atoms with Gasteiger partial charge < -0.3 is 14.4 Å². The van der Waals surface area contributed by atoms with Gasteiger partial charge in [-0.15, -0.1) is 0 Å². The summed E-state index contributed by atoms with van der Waals surface area (Å²) in [5.41, 5.74) is 17.7. The van der Waals surface area contributed by atoms with Gasteiger partial charge in [0, 0.05) is 44.6 Å². The second kappa shape index (κ2) is 14.3. The number of para-hydroxylation sites is 5. The fourth-order valence-corrected chi connectivity index (χ4v) is 9.41. The minimum absolute atomic E-state index is 0.152. The average molecular weight is 770 g/mol. The van der Waals surface area contributed by atoms with Crippen LogP contribution in [0.4, 0.5) is 34.1 Å². The van der Waals surface area contributed by atoms with Gasteiger partial charge in [0.25, 0.3) is 0 Å². The zero-order chi connectivity index (χ0) is 40.2. The number of rotatable bonds is 7. The van der Waals surface area contributed by atoms with E-state index in [9.17, 15) is 0 Å². The van der Waals surface area contributed by atoms with Crippen LogP contribution in [-0.4, -0.2) is 4.57 Å². The molecule has 0 fully saturated rings. The zero-order valence-electron chi connectivity index (χ0n) is 33.7. The van der Waals surface area contributed by atoms with Gasteiger partial charge in [0.15, 0.2) is 0 Å². The van der Waals surface area contributed by atoms with E-state index in [1.54, 1.807) is 0 Å². The van der Waals surface area contributed by atoms with Gasteiger partial charge in [-0.3, -0.25) is 0 Å². The monoisotopic (exact) mass is 769 g/mol. The highest BCUT2D eigenvalue weighted by molar-refractivity contribution is 6.10. The van der Waals surface area contributed by atoms with Gasteiger partial charge in [0.1, 0.15) is 0 Å². The quantitative estimate of drug-likeness (QED) is 0.160. The van der Waals surface area contributed by atoms with Crippen molar-refractivity contribution in [2.45, 2.75) is 19.3 Å². The number of benzene rings is 9. The normalized spacial score (nSPS) is 12.9. The van der Waals surface area contributed by atoms with Crippen molar-refractivity contribution in [1.82, 2.24) is 4.57 Å². The molecule has 1 aliphatic rings. The molecule has 0 saturated carbocycles. The van der Waals surface area contributed by atoms with Gasteiger partial charge in [-0.1, -0.05) is 147 Å². The maximum atomic E-state index is 2.43. The highest BCUT2D eigenvalue weighted by Crippen LogP contribution is 2.52. The van der Waals surface area contributed by atoms with E-state index >= 15 is 0 Å².